The summed E-state index contributed by atoms with van der Waals surface area (Å²) in [5, 5.41) is 0. The molecule has 0 spiro atoms. The Morgan fingerprint density at radius 1 is 1.28 bits per heavy atom. The van der Waals surface area contributed by atoms with Crippen molar-refractivity contribution in [3.8, 4) is 5.75 Å². The molecule has 6 nitrogen and oxygen atoms in total. The molecule has 0 saturated carbocycles. The Morgan fingerprint density at radius 3 is 2.80 bits per heavy atom. The second kappa shape index (κ2) is 8.67. The van der Waals surface area contributed by atoms with Crippen LogP contribution in [0.1, 0.15) is 35.6 Å². The molecule has 1 aromatic carbocycles. The van der Waals surface area contributed by atoms with Gasteiger partial charge in [-0.2, -0.15) is 0 Å². The van der Waals surface area contributed by atoms with E-state index < -0.39 is 0 Å². The van der Waals surface area contributed by atoms with Crippen LogP contribution in [0.4, 0.5) is 0 Å². The van der Waals surface area contributed by atoms with E-state index in [1.807, 2.05) is 30.3 Å². The zero-order valence-corrected chi connectivity index (χ0v) is 14.5. The Hall–Kier alpha value is -2.34. The molecule has 2 aromatic rings. The number of oxazole rings is 1. The second-order valence-corrected chi connectivity index (χ2v) is 6.30. The van der Waals surface area contributed by atoms with Crippen LogP contribution in [0.15, 0.2) is 41.0 Å². The summed E-state index contributed by atoms with van der Waals surface area (Å²) in [6, 6.07) is 9.43. The van der Waals surface area contributed by atoms with Crippen LogP contribution in [0.2, 0.25) is 0 Å². The molecule has 134 valence electrons. The third-order valence-electron chi connectivity index (χ3n) is 4.44. The highest BCUT2D eigenvalue weighted by atomic mass is 16.5. The van der Waals surface area contributed by atoms with Crippen molar-refractivity contribution in [3.05, 3.63) is 48.2 Å². The van der Waals surface area contributed by atoms with Gasteiger partial charge >= 0.3 is 0 Å². The van der Waals surface area contributed by atoms with Crippen molar-refractivity contribution in [1.82, 2.24) is 9.88 Å². The second-order valence-electron chi connectivity index (χ2n) is 6.30. The first kappa shape index (κ1) is 17.5. The van der Waals surface area contributed by atoms with Gasteiger partial charge in [0.25, 0.3) is 5.91 Å². The molecule has 0 unspecified atom stereocenters. The van der Waals surface area contributed by atoms with E-state index in [9.17, 15) is 4.79 Å². The van der Waals surface area contributed by atoms with Crippen LogP contribution < -0.4 is 4.74 Å². The van der Waals surface area contributed by atoms with Crippen LogP contribution >= 0.6 is 0 Å². The number of nitrogens with zero attached hydrogens (tertiary/aromatic N) is 2. The number of para-hydroxylation sites is 1. The molecule has 1 amide bonds. The largest absolute Gasteiger partial charge is 0.484 e. The van der Waals surface area contributed by atoms with Gasteiger partial charge in [-0.15, -0.1) is 0 Å². The van der Waals surface area contributed by atoms with Crippen molar-refractivity contribution in [2.24, 2.45) is 5.92 Å². The summed E-state index contributed by atoms with van der Waals surface area (Å²) in [6.45, 7) is 2.57. The minimum atomic E-state index is -0.123. The molecule has 1 fully saturated rings. The maximum absolute atomic E-state index is 12.4. The van der Waals surface area contributed by atoms with E-state index >= 15 is 0 Å². The molecule has 1 aromatic heterocycles. The van der Waals surface area contributed by atoms with E-state index in [0.717, 1.165) is 38.2 Å². The lowest BCUT2D eigenvalue weighted by atomic mass is 9.96. The Labute approximate surface area is 147 Å². The number of hydrogen-bond donors (Lipinski definition) is 0. The number of rotatable bonds is 7. The summed E-state index contributed by atoms with van der Waals surface area (Å²) in [4.78, 5) is 18.4. The molecule has 0 atom stereocenters. The van der Waals surface area contributed by atoms with Gasteiger partial charge in [0.2, 0.25) is 5.89 Å². The lowest BCUT2D eigenvalue weighted by Crippen LogP contribution is -2.30. The van der Waals surface area contributed by atoms with Crippen molar-refractivity contribution in [2.45, 2.75) is 25.9 Å². The van der Waals surface area contributed by atoms with Crippen LogP contribution in [0, 0.1) is 5.92 Å². The zero-order chi connectivity index (χ0) is 17.5. The minimum Gasteiger partial charge on any atom is -0.484 e. The molecule has 1 aliphatic heterocycles. The highest BCUT2D eigenvalue weighted by Gasteiger charge is 2.19. The van der Waals surface area contributed by atoms with Crippen LogP contribution in [0.25, 0.3) is 0 Å². The molecule has 2 heterocycles. The molecular formula is C19H24N2O4. The van der Waals surface area contributed by atoms with Crippen LogP contribution in [-0.2, 0) is 11.3 Å². The molecule has 1 saturated heterocycles. The van der Waals surface area contributed by atoms with Crippen molar-refractivity contribution in [3.63, 3.8) is 0 Å². The smallest absolute Gasteiger partial charge is 0.275 e. The first-order chi connectivity index (χ1) is 12.2. The van der Waals surface area contributed by atoms with Gasteiger partial charge in [0.1, 0.15) is 12.0 Å². The third-order valence-corrected chi connectivity index (χ3v) is 4.44. The van der Waals surface area contributed by atoms with Crippen LogP contribution in [0.3, 0.4) is 0 Å². The van der Waals surface area contributed by atoms with Gasteiger partial charge in [-0.05, 0) is 37.3 Å². The fourth-order valence-corrected chi connectivity index (χ4v) is 2.85. The van der Waals surface area contributed by atoms with Gasteiger partial charge in [-0.3, -0.25) is 4.79 Å². The van der Waals surface area contributed by atoms with Crippen molar-refractivity contribution in [2.75, 3.05) is 26.8 Å². The molecule has 3 rings (SSSR count). The highest BCUT2D eigenvalue weighted by molar-refractivity contribution is 5.91. The summed E-state index contributed by atoms with van der Waals surface area (Å²) >= 11 is 0. The molecular weight excluding hydrogens is 320 g/mol. The molecule has 1 aliphatic rings. The number of amides is 1. The van der Waals surface area contributed by atoms with Gasteiger partial charge in [0.15, 0.2) is 12.3 Å². The van der Waals surface area contributed by atoms with Gasteiger partial charge in [-0.1, -0.05) is 18.2 Å². The average Bonchev–Trinajstić information content (AvgIpc) is 3.14. The lowest BCUT2D eigenvalue weighted by Gasteiger charge is -2.24. The molecule has 0 aliphatic carbocycles. The Morgan fingerprint density at radius 2 is 2.04 bits per heavy atom. The quantitative estimate of drug-likeness (QED) is 0.772. The number of carbonyl (C=O) groups excluding carboxylic acids is 1. The van der Waals surface area contributed by atoms with Crippen molar-refractivity contribution in [1.29, 1.82) is 0 Å². The highest BCUT2D eigenvalue weighted by Crippen LogP contribution is 2.19. The van der Waals surface area contributed by atoms with E-state index in [-0.39, 0.29) is 12.5 Å². The molecule has 0 N–H and O–H groups in total. The Balaban J connectivity index is 1.47. The Kier molecular flexibility index (Phi) is 6.06. The van der Waals surface area contributed by atoms with E-state index in [4.69, 9.17) is 13.9 Å². The standard InChI is InChI=1S/C19H24N2O4/c1-21(10-7-15-8-11-23-12-9-15)19(22)17-13-25-18(20-17)14-24-16-5-3-2-4-6-16/h2-6,13,15H,7-12,14H2,1H3. The summed E-state index contributed by atoms with van der Waals surface area (Å²) in [7, 11) is 1.80. The Bertz CT molecular complexity index is 665. The van der Waals surface area contributed by atoms with E-state index in [1.165, 1.54) is 6.26 Å². The maximum atomic E-state index is 12.4. The number of carbonyl (C=O) groups is 1. The number of hydrogen-bond acceptors (Lipinski definition) is 5. The fraction of sp³-hybridized carbons (Fsp3) is 0.474. The van der Waals surface area contributed by atoms with Crippen LogP contribution in [-0.4, -0.2) is 42.6 Å². The SMILES string of the molecule is CN(CCC1CCOCC1)C(=O)c1coc(COc2ccccc2)n1. The fourth-order valence-electron chi connectivity index (χ4n) is 2.85. The van der Waals surface area contributed by atoms with Crippen molar-refractivity contribution >= 4 is 5.91 Å². The van der Waals surface area contributed by atoms with Gasteiger partial charge in [0, 0.05) is 26.8 Å². The monoisotopic (exact) mass is 344 g/mol. The normalized spacial score (nSPS) is 15.1. The number of ether oxygens (including phenoxy) is 2. The summed E-state index contributed by atoms with van der Waals surface area (Å²) < 4.78 is 16.3. The molecule has 6 heteroatoms. The van der Waals surface area contributed by atoms with Crippen LogP contribution in [0.5, 0.6) is 5.75 Å². The maximum Gasteiger partial charge on any atom is 0.275 e. The van der Waals surface area contributed by atoms with E-state index in [0.29, 0.717) is 24.0 Å². The first-order valence-corrected chi connectivity index (χ1v) is 8.68. The van der Waals surface area contributed by atoms with E-state index in [2.05, 4.69) is 4.98 Å². The zero-order valence-electron chi connectivity index (χ0n) is 14.5. The first-order valence-electron chi connectivity index (χ1n) is 8.68. The predicted molar refractivity (Wildman–Crippen MR) is 92.4 cm³/mol. The lowest BCUT2D eigenvalue weighted by molar-refractivity contribution is 0.0582. The summed E-state index contributed by atoms with van der Waals surface area (Å²) in [5.74, 6) is 1.64. The number of benzene rings is 1. The van der Waals surface area contributed by atoms with E-state index in [1.54, 1.807) is 11.9 Å². The molecule has 0 bridgehead atoms. The third kappa shape index (κ3) is 5.06. The topological polar surface area (TPSA) is 64.8 Å². The minimum absolute atomic E-state index is 0.123. The number of aromatic nitrogens is 1. The van der Waals surface area contributed by atoms with Gasteiger partial charge < -0.3 is 18.8 Å². The van der Waals surface area contributed by atoms with Gasteiger partial charge in [0.05, 0.1) is 0 Å². The summed E-state index contributed by atoms with van der Waals surface area (Å²) in [5.41, 5.74) is 0.320. The predicted octanol–water partition coefficient (Wildman–Crippen LogP) is 3.14. The summed E-state index contributed by atoms with van der Waals surface area (Å²) in [6.07, 6.45) is 4.55. The molecule has 0 radical (unpaired) electrons. The van der Waals surface area contributed by atoms with Crippen molar-refractivity contribution < 1.29 is 18.7 Å². The average molecular weight is 344 g/mol. The molecule has 25 heavy (non-hydrogen) atoms. The van der Waals surface area contributed by atoms with Gasteiger partial charge in [-0.25, -0.2) is 4.98 Å².